The molecule has 0 bridgehead atoms. The van der Waals surface area contributed by atoms with Gasteiger partial charge in [0.1, 0.15) is 5.75 Å². The number of phenols is 1. The maximum atomic E-state index is 13.1. The molecule has 2 amide bonds. The van der Waals surface area contributed by atoms with Crippen LogP contribution in [0.3, 0.4) is 0 Å². The van der Waals surface area contributed by atoms with E-state index in [0.29, 0.717) is 28.4 Å². The third-order valence-corrected chi connectivity index (χ3v) is 7.91. The van der Waals surface area contributed by atoms with E-state index < -0.39 is 0 Å². The average Bonchev–Trinajstić information content (AvgIpc) is 3.51. The number of aromatic nitrogens is 2. The minimum atomic E-state index is -0.298. The van der Waals surface area contributed by atoms with Crippen molar-refractivity contribution in [3.05, 3.63) is 101 Å². The van der Waals surface area contributed by atoms with Gasteiger partial charge in [-0.05, 0) is 66.6 Å². The van der Waals surface area contributed by atoms with E-state index in [1.807, 2.05) is 67.6 Å². The number of hydrogen-bond donors (Lipinski definition) is 3. The van der Waals surface area contributed by atoms with Crippen LogP contribution in [0.5, 0.6) is 5.75 Å². The number of rotatable bonds is 6. The molecule has 1 fully saturated rings. The van der Waals surface area contributed by atoms with Crippen molar-refractivity contribution in [2.75, 3.05) is 5.32 Å². The van der Waals surface area contributed by atoms with Gasteiger partial charge < -0.3 is 15.7 Å². The molecule has 0 atom stereocenters. The fourth-order valence-corrected chi connectivity index (χ4v) is 5.48. The second-order valence-corrected chi connectivity index (χ2v) is 10.6. The molecule has 5 aromatic rings. The quantitative estimate of drug-likeness (QED) is 0.232. The van der Waals surface area contributed by atoms with E-state index in [2.05, 4.69) is 15.7 Å². The number of phenolic OH excluding ortho intramolecular Hbond substituents is 1. The van der Waals surface area contributed by atoms with Crippen molar-refractivity contribution < 1.29 is 14.7 Å². The molecule has 3 N–H and O–H groups in total. The summed E-state index contributed by atoms with van der Waals surface area (Å²) >= 11 is 1.42. The van der Waals surface area contributed by atoms with Crippen molar-refractivity contribution in [3.8, 4) is 17.0 Å². The lowest BCUT2D eigenvalue weighted by Crippen LogP contribution is -2.30. The van der Waals surface area contributed by atoms with Crippen molar-refractivity contribution in [2.24, 2.45) is 0 Å². The summed E-state index contributed by atoms with van der Waals surface area (Å²) in [5.41, 5.74) is 4.48. The minimum Gasteiger partial charge on any atom is -0.507 e. The third kappa shape index (κ3) is 4.78. The molecule has 1 aliphatic carbocycles. The first kappa shape index (κ1) is 23.9. The van der Waals surface area contributed by atoms with Crippen molar-refractivity contribution >= 4 is 39.0 Å². The summed E-state index contributed by atoms with van der Waals surface area (Å²) in [4.78, 5) is 26.5. The summed E-state index contributed by atoms with van der Waals surface area (Å²) in [7, 11) is 0. The number of amides is 2. The number of thiophene rings is 1. The molecule has 2 aromatic heterocycles. The average molecular weight is 523 g/mol. The molecule has 2 heterocycles. The van der Waals surface area contributed by atoms with E-state index >= 15 is 0 Å². The van der Waals surface area contributed by atoms with Gasteiger partial charge in [-0.1, -0.05) is 42.5 Å². The zero-order valence-electron chi connectivity index (χ0n) is 20.8. The van der Waals surface area contributed by atoms with Gasteiger partial charge in [0.2, 0.25) is 0 Å². The van der Waals surface area contributed by atoms with Crippen LogP contribution in [0.15, 0.2) is 78.9 Å². The maximum Gasteiger partial charge on any atom is 0.342 e. The summed E-state index contributed by atoms with van der Waals surface area (Å²) in [5.74, 6) is 0.0258. The molecule has 190 valence electrons. The minimum absolute atomic E-state index is 0.0218. The molecule has 0 unspecified atom stereocenters. The normalized spacial score (nSPS) is 13.0. The Labute approximate surface area is 223 Å². The van der Waals surface area contributed by atoms with E-state index in [1.54, 1.807) is 12.1 Å². The van der Waals surface area contributed by atoms with Gasteiger partial charge in [-0.25, -0.2) is 4.79 Å². The molecule has 6 rings (SSSR count). The smallest absolute Gasteiger partial charge is 0.342 e. The SMILES string of the molecule is Cc1ccccc1CNC(=O)n1nc(-c2ccc(NC(=O)c3cc4ccccc4s3)cc2O)cc1C1CC1. The Hall–Kier alpha value is -4.43. The van der Waals surface area contributed by atoms with E-state index in [9.17, 15) is 14.7 Å². The van der Waals surface area contributed by atoms with Crippen LogP contribution in [0.1, 0.15) is 45.3 Å². The second kappa shape index (κ2) is 9.79. The zero-order valence-corrected chi connectivity index (χ0v) is 21.6. The molecule has 7 nitrogen and oxygen atoms in total. The molecular formula is C30H26N4O3S. The van der Waals surface area contributed by atoms with Gasteiger partial charge in [-0.2, -0.15) is 9.78 Å². The van der Waals surface area contributed by atoms with Gasteiger partial charge in [0.15, 0.2) is 0 Å². The Balaban J connectivity index is 1.21. The molecule has 0 radical (unpaired) electrons. The summed E-state index contributed by atoms with van der Waals surface area (Å²) in [6.45, 7) is 2.42. The van der Waals surface area contributed by atoms with Crippen LogP contribution in [0.25, 0.3) is 21.3 Å². The predicted octanol–water partition coefficient (Wildman–Crippen LogP) is 6.67. The largest absolute Gasteiger partial charge is 0.507 e. The highest BCUT2D eigenvalue weighted by Gasteiger charge is 2.30. The fraction of sp³-hybridized carbons (Fsp3) is 0.167. The van der Waals surface area contributed by atoms with Gasteiger partial charge in [0.05, 0.1) is 16.3 Å². The molecule has 0 aliphatic heterocycles. The van der Waals surface area contributed by atoms with Crippen LogP contribution in [0, 0.1) is 6.92 Å². The first-order valence-corrected chi connectivity index (χ1v) is 13.3. The molecule has 3 aromatic carbocycles. The Bertz CT molecular complexity index is 1650. The van der Waals surface area contributed by atoms with E-state index in [1.165, 1.54) is 22.1 Å². The Morgan fingerprint density at radius 2 is 1.82 bits per heavy atom. The van der Waals surface area contributed by atoms with Crippen molar-refractivity contribution in [2.45, 2.75) is 32.2 Å². The molecule has 0 saturated heterocycles. The topological polar surface area (TPSA) is 96.3 Å². The Morgan fingerprint density at radius 1 is 1.03 bits per heavy atom. The number of hydrogen-bond acceptors (Lipinski definition) is 5. The lowest BCUT2D eigenvalue weighted by molar-refractivity contribution is 0.103. The van der Waals surface area contributed by atoms with Crippen molar-refractivity contribution in [1.82, 2.24) is 15.1 Å². The van der Waals surface area contributed by atoms with Gasteiger partial charge in [-0.15, -0.1) is 11.3 Å². The van der Waals surface area contributed by atoms with Crippen LogP contribution in [0.2, 0.25) is 0 Å². The third-order valence-electron chi connectivity index (χ3n) is 6.80. The fourth-order valence-electron chi connectivity index (χ4n) is 4.53. The van der Waals surface area contributed by atoms with Gasteiger partial charge in [0, 0.05) is 34.5 Å². The van der Waals surface area contributed by atoms with Crippen LogP contribution in [-0.4, -0.2) is 26.8 Å². The first-order chi connectivity index (χ1) is 18.5. The molecular weight excluding hydrogens is 496 g/mol. The monoisotopic (exact) mass is 522 g/mol. The summed E-state index contributed by atoms with van der Waals surface area (Å²) in [6.07, 6.45) is 2.01. The first-order valence-electron chi connectivity index (χ1n) is 12.5. The molecule has 38 heavy (non-hydrogen) atoms. The van der Waals surface area contributed by atoms with Crippen molar-refractivity contribution in [3.63, 3.8) is 0 Å². The highest BCUT2D eigenvalue weighted by Crippen LogP contribution is 2.42. The van der Waals surface area contributed by atoms with Gasteiger partial charge in [0.25, 0.3) is 5.91 Å². The molecule has 1 saturated carbocycles. The van der Waals surface area contributed by atoms with Gasteiger partial charge >= 0.3 is 6.03 Å². The molecule has 8 heteroatoms. The molecule has 1 aliphatic rings. The highest BCUT2D eigenvalue weighted by atomic mass is 32.1. The number of carbonyl (C=O) groups excluding carboxylic acids is 2. The zero-order chi connectivity index (χ0) is 26.2. The van der Waals surface area contributed by atoms with Gasteiger partial charge in [-0.3, -0.25) is 4.79 Å². The standard InChI is InChI=1S/C30H26N4O3S/c1-18-6-2-3-8-21(18)17-31-30(37)34-25(19-10-11-19)16-24(33-34)23-13-12-22(15-26(23)35)32-29(36)28-14-20-7-4-5-9-27(20)38-28/h2-9,12-16,19,35H,10-11,17H2,1H3,(H,31,37)(H,32,36). The number of nitrogens with one attached hydrogen (secondary N) is 2. The number of aryl methyl sites for hydroxylation is 1. The second-order valence-electron chi connectivity index (χ2n) is 9.56. The van der Waals surface area contributed by atoms with Crippen LogP contribution >= 0.6 is 11.3 Å². The molecule has 0 spiro atoms. The number of fused-ring (bicyclic) bond motifs is 1. The number of nitrogens with zero attached hydrogens (tertiary/aromatic N) is 2. The summed E-state index contributed by atoms with van der Waals surface area (Å²) in [6, 6.07) is 24.2. The number of carbonyl (C=O) groups is 2. The lowest BCUT2D eigenvalue weighted by Gasteiger charge is -2.09. The summed E-state index contributed by atoms with van der Waals surface area (Å²) < 4.78 is 2.46. The highest BCUT2D eigenvalue weighted by molar-refractivity contribution is 7.20. The van der Waals surface area contributed by atoms with E-state index in [4.69, 9.17) is 0 Å². The van der Waals surface area contributed by atoms with Crippen molar-refractivity contribution in [1.29, 1.82) is 0 Å². The maximum absolute atomic E-state index is 13.1. The van der Waals surface area contributed by atoms with Crippen LogP contribution in [0.4, 0.5) is 10.5 Å². The van der Waals surface area contributed by atoms with Crippen LogP contribution in [-0.2, 0) is 6.54 Å². The predicted molar refractivity (Wildman–Crippen MR) is 150 cm³/mol. The number of aromatic hydroxyl groups is 1. The van der Waals surface area contributed by atoms with E-state index in [0.717, 1.165) is 39.7 Å². The Morgan fingerprint density at radius 3 is 2.58 bits per heavy atom. The van der Waals surface area contributed by atoms with Crippen LogP contribution < -0.4 is 10.6 Å². The number of anilines is 1. The Kier molecular flexibility index (Phi) is 6.17. The lowest BCUT2D eigenvalue weighted by atomic mass is 10.1. The van der Waals surface area contributed by atoms with E-state index in [-0.39, 0.29) is 23.6 Å². The summed E-state index contributed by atoms with van der Waals surface area (Å²) in [5, 5.41) is 22.2. The number of benzene rings is 3.